The van der Waals surface area contributed by atoms with Crippen LogP contribution < -0.4 is 0 Å². The lowest BCUT2D eigenvalue weighted by Gasteiger charge is -2.18. The Morgan fingerprint density at radius 3 is 0.836 bits per heavy atom. The number of esters is 3. The van der Waals surface area contributed by atoms with E-state index in [2.05, 4.69) is 93.7 Å². The summed E-state index contributed by atoms with van der Waals surface area (Å²) in [5.74, 6) is -0.874. The molecule has 0 aliphatic heterocycles. The predicted molar refractivity (Wildman–Crippen MR) is 316 cm³/mol. The number of hydrogen-bond donors (Lipinski definition) is 0. The zero-order valence-electron chi connectivity index (χ0n) is 48.4. The van der Waals surface area contributed by atoms with E-state index < -0.39 is 6.10 Å². The minimum atomic E-state index is -0.775. The Morgan fingerprint density at radius 2 is 0.534 bits per heavy atom. The van der Waals surface area contributed by atoms with Crippen LogP contribution in [0.15, 0.2) is 72.9 Å². The monoisotopic (exact) mass is 1020 g/mol. The Morgan fingerprint density at radius 1 is 0.288 bits per heavy atom. The lowest BCUT2D eigenvalue weighted by Crippen LogP contribution is -2.30. The summed E-state index contributed by atoms with van der Waals surface area (Å²) < 4.78 is 16.8. The van der Waals surface area contributed by atoms with Crippen LogP contribution in [0.3, 0.4) is 0 Å². The maximum absolute atomic E-state index is 12.9. The lowest BCUT2D eigenvalue weighted by atomic mass is 10.0. The highest BCUT2D eigenvalue weighted by atomic mass is 16.6. The molecule has 1 atom stereocenters. The fraction of sp³-hybridized carbons (Fsp3) is 0.776. The van der Waals surface area contributed by atoms with Crippen LogP contribution in [0, 0.1) is 0 Å². The van der Waals surface area contributed by atoms with Gasteiger partial charge in [-0.1, -0.05) is 280 Å². The van der Waals surface area contributed by atoms with E-state index >= 15 is 0 Å². The van der Waals surface area contributed by atoms with Crippen molar-refractivity contribution < 1.29 is 28.6 Å². The second kappa shape index (κ2) is 61.4. The first-order chi connectivity index (χ1) is 36.0. The van der Waals surface area contributed by atoms with E-state index in [0.29, 0.717) is 19.3 Å². The molecule has 0 fully saturated rings. The van der Waals surface area contributed by atoms with Gasteiger partial charge in [-0.15, -0.1) is 0 Å². The van der Waals surface area contributed by atoms with Crippen molar-refractivity contribution in [2.45, 2.75) is 322 Å². The van der Waals surface area contributed by atoms with Crippen LogP contribution in [0.1, 0.15) is 316 Å². The summed E-state index contributed by atoms with van der Waals surface area (Å²) in [6.07, 6.45) is 79.3. The second-order valence-electron chi connectivity index (χ2n) is 20.9. The zero-order chi connectivity index (χ0) is 52.9. The molecule has 0 aromatic heterocycles. The van der Waals surface area contributed by atoms with Gasteiger partial charge in [0.05, 0.1) is 0 Å². The molecule has 0 aliphatic rings. The van der Waals surface area contributed by atoms with Crippen molar-refractivity contribution in [3.05, 3.63) is 72.9 Å². The Labute approximate surface area is 453 Å². The van der Waals surface area contributed by atoms with Crippen molar-refractivity contribution in [2.24, 2.45) is 0 Å². The number of carbonyl (C=O) groups is 3. The number of rotatable bonds is 57. The van der Waals surface area contributed by atoms with Crippen molar-refractivity contribution in [3.8, 4) is 0 Å². The fourth-order valence-corrected chi connectivity index (χ4v) is 9.00. The van der Waals surface area contributed by atoms with Crippen LogP contribution in [0.2, 0.25) is 0 Å². The van der Waals surface area contributed by atoms with Gasteiger partial charge < -0.3 is 14.2 Å². The van der Waals surface area contributed by atoms with E-state index in [1.54, 1.807) is 0 Å². The summed E-state index contributed by atoms with van der Waals surface area (Å²) in [7, 11) is 0. The van der Waals surface area contributed by atoms with E-state index in [4.69, 9.17) is 14.2 Å². The normalized spacial score (nSPS) is 12.5. The molecule has 0 aromatic carbocycles. The van der Waals surface area contributed by atoms with Crippen molar-refractivity contribution in [1.82, 2.24) is 0 Å². The Bertz CT molecular complexity index is 1360. The summed E-state index contributed by atoms with van der Waals surface area (Å²) in [4.78, 5) is 38.1. The molecule has 0 N–H and O–H groups in total. The molecule has 0 rings (SSSR count). The van der Waals surface area contributed by atoms with Gasteiger partial charge in [-0.25, -0.2) is 0 Å². The molecular weight excluding hydrogens is 901 g/mol. The molecular formula is C67H118O6. The van der Waals surface area contributed by atoms with Crippen molar-refractivity contribution in [3.63, 3.8) is 0 Å². The van der Waals surface area contributed by atoms with Gasteiger partial charge in [0.15, 0.2) is 6.10 Å². The number of carbonyl (C=O) groups excluding carboxylic acids is 3. The van der Waals surface area contributed by atoms with Gasteiger partial charge in [0.25, 0.3) is 0 Å². The molecule has 0 aliphatic carbocycles. The Hall–Kier alpha value is -3.15. The van der Waals surface area contributed by atoms with Crippen LogP contribution in [0.5, 0.6) is 0 Å². The molecule has 0 bridgehead atoms. The van der Waals surface area contributed by atoms with Crippen LogP contribution in [-0.2, 0) is 28.6 Å². The number of unbranched alkanes of at least 4 members (excludes halogenated alkanes) is 34. The minimum Gasteiger partial charge on any atom is -0.462 e. The first-order valence-electron chi connectivity index (χ1n) is 31.4. The van der Waals surface area contributed by atoms with Gasteiger partial charge in [-0.2, -0.15) is 0 Å². The predicted octanol–water partition coefficient (Wildman–Crippen LogP) is 21.3. The molecule has 422 valence electrons. The van der Waals surface area contributed by atoms with Crippen LogP contribution in [0.25, 0.3) is 0 Å². The van der Waals surface area contributed by atoms with Gasteiger partial charge in [0, 0.05) is 19.3 Å². The van der Waals surface area contributed by atoms with Crippen molar-refractivity contribution >= 4 is 17.9 Å². The highest BCUT2D eigenvalue weighted by molar-refractivity contribution is 5.71. The highest BCUT2D eigenvalue weighted by Crippen LogP contribution is 2.16. The maximum Gasteiger partial charge on any atom is 0.306 e. The molecule has 1 unspecified atom stereocenters. The zero-order valence-corrected chi connectivity index (χ0v) is 48.4. The molecule has 0 amide bonds. The van der Waals surface area contributed by atoms with E-state index in [0.717, 1.165) is 89.9 Å². The smallest absolute Gasteiger partial charge is 0.306 e. The molecule has 0 radical (unpaired) electrons. The van der Waals surface area contributed by atoms with E-state index in [1.807, 2.05) is 0 Å². The van der Waals surface area contributed by atoms with Gasteiger partial charge in [0.1, 0.15) is 13.2 Å². The third-order valence-electron chi connectivity index (χ3n) is 13.7. The molecule has 6 heteroatoms. The maximum atomic E-state index is 12.9. The summed E-state index contributed by atoms with van der Waals surface area (Å²) in [5, 5.41) is 0. The number of allylic oxidation sites excluding steroid dienone is 12. The van der Waals surface area contributed by atoms with Gasteiger partial charge in [-0.05, 0) is 89.9 Å². The standard InChI is InChI=1S/C67H118O6/c1-4-7-10-13-16-18-20-22-24-26-28-30-32-33-35-36-38-40-42-44-46-48-51-54-57-60-66(69)72-63-64(62-71-65(68)59-56-53-50-15-12-9-6-3)73-67(70)61-58-55-52-49-47-45-43-41-39-37-34-31-29-27-25-23-21-19-17-14-11-8-5-2/h8,11,17,19-20,22-23,25-26,28-29,31,64H,4-7,9-10,12-16,18,21,24,27,30,32-63H2,1-3H3/b11-8-,19-17-,22-20-,25-23-,28-26-,31-29-. The van der Waals surface area contributed by atoms with Crippen molar-refractivity contribution in [2.75, 3.05) is 13.2 Å². The summed E-state index contributed by atoms with van der Waals surface area (Å²) in [6, 6.07) is 0. The van der Waals surface area contributed by atoms with Gasteiger partial charge in [0.2, 0.25) is 0 Å². The first kappa shape index (κ1) is 69.8. The highest BCUT2D eigenvalue weighted by Gasteiger charge is 2.19. The largest absolute Gasteiger partial charge is 0.462 e. The topological polar surface area (TPSA) is 78.9 Å². The third-order valence-corrected chi connectivity index (χ3v) is 13.7. The third kappa shape index (κ3) is 59.6. The van der Waals surface area contributed by atoms with Crippen LogP contribution in [0.4, 0.5) is 0 Å². The van der Waals surface area contributed by atoms with Crippen LogP contribution in [-0.4, -0.2) is 37.2 Å². The molecule has 0 saturated carbocycles. The van der Waals surface area contributed by atoms with Gasteiger partial charge in [-0.3, -0.25) is 14.4 Å². The number of ether oxygens (including phenoxy) is 3. The molecule has 6 nitrogen and oxygen atoms in total. The summed E-state index contributed by atoms with van der Waals surface area (Å²) in [5.41, 5.74) is 0. The lowest BCUT2D eigenvalue weighted by molar-refractivity contribution is -0.167. The van der Waals surface area contributed by atoms with E-state index in [9.17, 15) is 14.4 Å². The average Bonchev–Trinajstić information content (AvgIpc) is 3.39. The Kier molecular flexibility index (Phi) is 58.7. The Balaban J connectivity index is 4.13. The minimum absolute atomic E-state index is 0.0749. The molecule has 73 heavy (non-hydrogen) atoms. The average molecular weight is 1020 g/mol. The quantitative estimate of drug-likeness (QED) is 0.0261. The second-order valence-corrected chi connectivity index (χ2v) is 20.9. The SMILES string of the molecule is CC/C=C\C/C=C\C/C=C\C/C=C\CCCCCCCCCCCCC(=O)OC(COC(=O)CCCCCCCCC)COC(=O)CCCCCCCCCCCCCCC/C=C\C/C=C\CCCCCCC. The summed E-state index contributed by atoms with van der Waals surface area (Å²) >= 11 is 0. The summed E-state index contributed by atoms with van der Waals surface area (Å²) in [6.45, 7) is 6.50. The number of hydrogen-bond acceptors (Lipinski definition) is 6. The molecule has 0 aromatic rings. The van der Waals surface area contributed by atoms with E-state index in [-0.39, 0.29) is 31.1 Å². The van der Waals surface area contributed by atoms with Crippen molar-refractivity contribution in [1.29, 1.82) is 0 Å². The first-order valence-corrected chi connectivity index (χ1v) is 31.4. The van der Waals surface area contributed by atoms with Crippen LogP contribution >= 0.6 is 0 Å². The van der Waals surface area contributed by atoms with Gasteiger partial charge >= 0.3 is 17.9 Å². The molecule has 0 spiro atoms. The van der Waals surface area contributed by atoms with E-state index in [1.165, 1.54) is 186 Å². The fourth-order valence-electron chi connectivity index (χ4n) is 9.00. The molecule has 0 saturated heterocycles. The molecule has 0 heterocycles.